The van der Waals surface area contributed by atoms with Gasteiger partial charge in [0.2, 0.25) is 5.89 Å². The molecule has 4 aromatic rings. The lowest BCUT2D eigenvalue weighted by Gasteiger charge is -2.06. The van der Waals surface area contributed by atoms with Crippen molar-refractivity contribution in [2.45, 2.75) is 6.92 Å². The molecular weight excluding hydrogens is 488 g/mol. The number of aryl methyl sites for hydroxylation is 1. The van der Waals surface area contributed by atoms with Gasteiger partial charge in [0.05, 0.1) is 10.2 Å². The van der Waals surface area contributed by atoms with E-state index < -0.39 is 0 Å². The van der Waals surface area contributed by atoms with Crippen molar-refractivity contribution in [2.24, 2.45) is 4.99 Å². The van der Waals surface area contributed by atoms with Crippen molar-refractivity contribution in [1.82, 2.24) is 4.98 Å². The van der Waals surface area contributed by atoms with E-state index in [-0.39, 0.29) is 16.0 Å². The van der Waals surface area contributed by atoms with E-state index in [9.17, 15) is 10.2 Å². The topological polar surface area (TPSA) is 78.9 Å². The molecule has 0 saturated carbocycles. The molecule has 1 heterocycles. The number of oxazole rings is 1. The van der Waals surface area contributed by atoms with E-state index in [1.54, 1.807) is 6.07 Å². The highest BCUT2D eigenvalue weighted by atomic mass is 79.9. The number of halogens is 2. The van der Waals surface area contributed by atoms with Gasteiger partial charge in [-0.1, -0.05) is 12.1 Å². The van der Waals surface area contributed by atoms with E-state index in [2.05, 4.69) is 41.8 Å². The molecule has 0 unspecified atom stereocenters. The number of aromatic nitrogens is 1. The highest BCUT2D eigenvalue weighted by Gasteiger charge is 2.13. The predicted molar refractivity (Wildman–Crippen MR) is 117 cm³/mol. The minimum atomic E-state index is -0.0806. The summed E-state index contributed by atoms with van der Waals surface area (Å²) in [4.78, 5) is 8.95. The summed E-state index contributed by atoms with van der Waals surface area (Å²) < 4.78 is 6.51. The molecule has 0 atom stereocenters. The van der Waals surface area contributed by atoms with Gasteiger partial charge in [-0.3, -0.25) is 4.99 Å². The molecular formula is C21H14Br2N2O3. The Labute approximate surface area is 177 Å². The smallest absolute Gasteiger partial charge is 0.227 e. The number of phenolic OH excluding ortho intramolecular Hbond substituents is 2. The molecule has 3 aromatic carbocycles. The third kappa shape index (κ3) is 3.43. The van der Waals surface area contributed by atoms with Crippen LogP contribution in [0.25, 0.3) is 22.6 Å². The summed E-state index contributed by atoms with van der Waals surface area (Å²) in [5.74, 6) is 0.416. The maximum absolute atomic E-state index is 10.1. The molecule has 28 heavy (non-hydrogen) atoms. The number of para-hydroxylation sites is 1. The number of aromatic hydroxyl groups is 2. The van der Waals surface area contributed by atoms with Crippen LogP contribution >= 0.6 is 31.9 Å². The van der Waals surface area contributed by atoms with Gasteiger partial charge in [0.25, 0.3) is 0 Å². The second-order valence-electron chi connectivity index (χ2n) is 6.20. The number of fused-ring (bicyclic) bond motifs is 1. The Hall–Kier alpha value is -2.64. The molecule has 1 aromatic heterocycles. The van der Waals surface area contributed by atoms with E-state index >= 15 is 0 Å². The van der Waals surface area contributed by atoms with E-state index in [1.165, 1.54) is 6.21 Å². The van der Waals surface area contributed by atoms with Crippen LogP contribution in [0.3, 0.4) is 0 Å². The number of nitrogens with zero attached hydrogens (tertiary/aromatic N) is 2. The van der Waals surface area contributed by atoms with Gasteiger partial charge in [0.15, 0.2) is 5.58 Å². The van der Waals surface area contributed by atoms with Crippen LogP contribution in [0.1, 0.15) is 11.1 Å². The summed E-state index contributed by atoms with van der Waals surface area (Å²) in [6.45, 7) is 2.00. The Bertz CT molecular complexity index is 1210. The summed E-state index contributed by atoms with van der Waals surface area (Å²) in [7, 11) is 0. The fraction of sp³-hybridized carbons (Fsp3) is 0.0476. The van der Waals surface area contributed by atoms with Crippen LogP contribution < -0.4 is 0 Å². The van der Waals surface area contributed by atoms with Crippen LogP contribution in [0.4, 0.5) is 5.69 Å². The molecule has 2 N–H and O–H groups in total. The summed E-state index contributed by atoms with van der Waals surface area (Å²) in [5.41, 5.74) is 4.72. The fourth-order valence-corrected chi connectivity index (χ4v) is 3.91. The van der Waals surface area contributed by atoms with Crippen molar-refractivity contribution in [3.63, 3.8) is 0 Å². The van der Waals surface area contributed by atoms with Gasteiger partial charge in [-0.25, -0.2) is 4.98 Å². The van der Waals surface area contributed by atoms with Crippen molar-refractivity contribution in [3.05, 3.63) is 68.6 Å². The Morgan fingerprint density at radius 1 is 1.04 bits per heavy atom. The summed E-state index contributed by atoms with van der Waals surface area (Å²) in [6, 6.07) is 14.9. The van der Waals surface area contributed by atoms with Crippen LogP contribution in [0.2, 0.25) is 0 Å². The lowest BCUT2D eigenvalue weighted by Crippen LogP contribution is -1.86. The fourth-order valence-electron chi connectivity index (χ4n) is 2.76. The van der Waals surface area contributed by atoms with Crippen molar-refractivity contribution < 1.29 is 14.6 Å². The third-order valence-corrected chi connectivity index (χ3v) is 5.64. The molecule has 0 amide bonds. The monoisotopic (exact) mass is 500 g/mol. The lowest BCUT2D eigenvalue weighted by molar-refractivity contribution is 0.442. The molecule has 0 aliphatic carbocycles. The molecule has 0 bridgehead atoms. The summed E-state index contributed by atoms with van der Waals surface area (Å²) >= 11 is 6.39. The zero-order chi connectivity index (χ0) is 19.8. The molecule has 0 fully saturated rings. The second-order valence-corrected chi connectivity index (χ2v) is 7.85. The Morgan fingerprint density at radius 3 is 2.50 bits per heavy atom. The summed E-state index contributed by atoms with van der Waals surface area (Å²) in [6.07, 6.45) is 1.53. The van der Waals surface area contributed by atoms with Crippen molar-refractivity contribution in [1.29, 1.82) is 0 Å². The molecule has 0 aliphatic rings. The predicted octanol–water partition coefficient (Wildman–Crippen LogP) is 6.49. The lowest BCUT2D eigenvalue weighted by atomic mass is 10.2. The van der Waals surface area contributed by atoms with E-state index in [0.29, 0.717) is 21.6 Å². The van der Waals surface area contributed by atoms with Crippen molar-refractivity contribution in [2.75, 3.05) is 0 Å². The normalized spacial score (nSPS) is 11.5. The largest absolute Gasteiger partial charge is 0.506 e. The molecule has 0 radical (unpaired) electrons. The Morgan fingerprint density at radius 2 is 1.79 bits per heavy atom. The zero-order valence-electron chi connectivity index (χ0n) is 14.6. The maximum atomic E-state index is 10.1. The average Bonchev–Trinajstić information content (AvgIpc) is 3.14. The third-order valence-electron chi connectivity index (χ3n) is 4.29. The maximum Gasteiger partial charge on any atom is 0.227 e. The standard InChI is InChI=1S/C21H14Br2N2O3/c1-11-3-2-4-16-18(11)25-21(28-16)12-5-7-14(8-6-12)24-10-13-9-15(22)20(27)17(23)19(13)26/h2-10,26-27H,1H3. The van der Waals surface area contributed by atoms with Gasteiger partial charge in [0.1, 0.15) is 21.5 Å². The van der Waals surface area contributed by atoms with Crippen LogP contribution in [0, 0.1) is 6.92 Å². The minimum absolute atomic E-state index is 0.0624. The Kier molecular flexibility index (Phi) is 4.95. The number of hydrogen-bond donors (Lipinski definition) is 2. The van der Waals surface area contributed by atoms with Gasteiger partial charge >= 0.3 is 0 Å². The van der Waals surface area contributed by atoms with Crippen LogP contribution in [0.5, 0.6) is 11.5 Å². The second kappa shape index (κ2) is 7.41. The van der Waals surface area contributed by atoms with Crippen LogP contribution in [-0.2, 0) is 0 Å². The number of aliphatic imine (C=N–C) groups is 1. The molecule has 7 heteroatoms. The molecule has 140 valence electrons. The van der Waals surface area contributed by atoms with Gasteiger partial charge in [-0.15, -0.1) is 0 Å². The van der Waals surface area contributed by atoms with E-state index in [1.807, 2.05) is 49.4 Å². The number of hydrogen-bond acceptors (Lipinski definition) is 5. The zero-order valence-corrected chi connectivity index (χ0v) is 17.8. The van der Waals surface area contributed by atoms with Crippen molar-refractivity contribution >= 4 is 54.9 Å². The molecule has 0 aliphatic heterocycles. The summed E-state index contributed by atoms with van der Waals surface area (Å²) in [5, 5.41) is 19.9. The highest BCUT2D eigenvalue weighted by Crippen LogP contribution is 2.40. The van der Waals surface area contributed by atoms with Crippen LogP contribution in [0.15, 0.2) is 66.9 Å². The van der Waals surface area contributed by atoms with Gasteiger partial charge in [-0.05, 0) is 80.7 Å². The highest BCUT2D eigenvalue weighted by molar-refractivity contribution is 9.11. The quantitative estimate of drug-likeness (QED) is 0.314. The first-order valence-corrected chi connectivity index (χ1v) is 9.93. The minimum Gasteiger partial charge on any atom is -0.506 e. The number of benzene rings is 3. The molecule has 0 saturated heterocycles. The van der Waals surface area contributed by atoms with Crippen molar-refractivity contribution in [3.8, 4) is 23.0 Å². The first kappa shape index (κ1) is 18.7. The van der Waals surface area contributed by atoms with Gasteiger partial charge in [0, 0.05) is 17.3 Å². The first-order valence-electron chi connectivity index (χ1n) is 8.34. The Balaban J connectivity index is 1.61. The van der Waals surface area contributed by atoms with Gasteiger partial charge in [-0.2, -0.15) is 0 Å². The van der Waals surface area contributed by atoms with E-state index in [4.69, 9.17) is 4.42 Å². The van der Waals surface area contributed by atoms with Gasteiger partial charge < -0.3 is 14.6 Å². The molecule has 5 nitrogen and oxygen atoms in total. The molecule has 0 spiro atoms. The van der Waals surface area contributed by atoms with Crippen LogP contribution in [-0.4, -0.2) is 21.4 Å². The molecule has 4 rings (SSSR count). The number of phenols is 2. The average molecular weight is 502 g/mol. The first-order chi connectivity index (χ1) is 13.4. The van der Waals surface area contributed by atoms with E-state index in [0.717, 1.165) is 22.2 Å². The SMILES string of the molecule is Cc1cccc2oc(-c3ccc(N=Cc4cc(Br)c(O)c(Br)c4O)cc3)nc12. The number of rotatable bonds is 3.